The van der Waals surface area contributed by atoms with Crippen molar-refractivity contribution in [2.24, 2.45) is 0 Å². The highest BCUT2D eigenvalue weighted by atomic mass is 16.4. The summed E-state index contributed by atoms with van der Waals surface area (Å²) in [5.41, 5.74) is 1.61. The van der Waals surface area contributed by atoms with E-state index in [1.54, 1.807) is 0 Å². The Hall–Kier alpha value is -3.38. The summed E-state index contributed by atoms with van der Waals surface area (Å²) in [4.78, 5) is 11.5. The minimum absolute atomic E-state index is 0.258. The number of carboxylic acids is 1. The molecule has 0 unspecified atom stereocenters. The zero-order chi connectivity index (χ0) is 16.2. The fourth-order valence-corrected chi connectivity index (χ4v) is 2.62. The lowest BCUT2D eigenvalue weighted by Crippen LogP contribution is -2.03. The number of benzene rings is 3. The van der Waals surface area contributed by atoms with Crippen LogP contribution >= 0.6 is 0 Å². The summed E-state index contributed by atoms with van der Waals surface area (Å²) in [6.45, 7) is 0. The van der Waals surface area contributed by atoms with Crippen molar-refractivity contribution in [2.45, 2.75) is 0 Å². The van der Waals surface area contributed by atoms with E-state index in [1.165, 1.54) is 0 Å². The predicted octanol–water partition coefficient (Wildman–Crippen LogP) is 4.25. The second-order valence-corrected chi connectivity index (χ2v) is 5.09. The van der Waals surface area contributed by atoms with E-state index < -0.39 is 5.97 Å². The lowest BCUT2D eigenvalue weighted by Gasteiger charge is -2.11. The standard InChI is InChI=1S/C20H13NO2/c21-13-18(20(22)23)19(15-7-2-1-3-8-15)17-11-10-14-6-4-5-9-16(14)12-17/h1-12H,(H,22,23). The van der Waals surface area contributed by atoms with Crippen molar-refractivity contribution in [1.82, 2.24) is 0 Å². The van der Waals surface area contributed by atoms with Crippen molar-refractivity contribution < 1.29 is 9.90 Å². The van der Waals surface area contributed by atoms with Crippen molar-refractivity contribution in [1.29, 1.82) is 5.26 Å². The number of fused-ring (bicyclic) bond motifs is 1. The molecule has 0 amide bonds. The topological polar surface area (TPSA) is 61.1 Å². The quantitative estimate of drug-likeness (QED) is 0.581. The Bertz CT molecular complexity index is 950. The molecule has 0 aliphatic heterocycles. The molecule has 3 heteroatoms. The molecule has 3 rings (SSSR count). The first-order valence-electron chi connectivity index (χ1n) is 7.13. The molecular formula is C20H13NO2. The van der Waals surface area contributed by atoms with Crippen molar-refractivity contribution in [2.75, 3.05) is 0 Å². The Balaban J connectivity index is 2.31. The van der Waals surface area contributed by atoms with Crippen LogP contribution in [-0.2, 0) is 4.79 Å². The number of hydrogen-bond acceptors (Lipinski definition) is 2. The number of carboxylic acid groups (broad SMARTS) is 1. The number of aliphatic carboxylic acids is 1. The van der Waals surface area contributed by atoms with Gasteiger partial charge in [0.15, 0.2) is 0 Å². The smallest absolute Gasteiger partial charge is 0.347 e. The van der Waals surface area contributed by atoms with Gasteiger partial charge in [-0.05, 0) is 28.0 Å². The molecule has 23 heavy (non-hydrogen) atoms. The van der Waals surface area contributed by atoms with Crippen molar-refractivity contribution in [3.05, 3.63) is 89.5 Å². The molecule has 1 N–H and O–H groups in total. The molecule has 0 bridgehead atoms. The van der Waals surface area contributed by atoms with E-state index >= 15 is 0 Å². The van der Waals surface area contributed by atoms with Crippen LogP contribution in [0.4, 0.5) is 0 Å². The van der Waals surface area contributed by atoms with Crippen LogP contribution in [0.2, 0.25) is 0 Å². The first-order chi connectivity index (χ1) is 11.2. The molecule has 0 aromatic heterocycles. The van der Waals surface area contributed by atoms with E-state index in [1.807, 2.05) is 78.9 Å². The van der Waals surface area contributed by atoms with Gasteiger partial charge < -0.3 is 5.11 Å². The van der Waals surface area contributed by atoms with Gasteiger partial charge in [0.05, 0.1) is 0 Å². The van der Waals surface area contributed by atoms with Crippen LogP contribution in [0.5, 0.6) is 0 Å². The molecule has 110 valence electrons. The van der Waals surface area contributed by atoms with Gasteiger partial charge >= 0.3 is 5.97 Å². The van der Waals surface area contributed by atoms with Gasteiger partial charge in [0, 0.05) is 5.57 Å². The van der Waals surface area contributed by atoms with Crippen molar-refractivity contribution >= 4 is 22.3 Å². The highest BCUT2D eigenvalue weighted by molar-refractivity contribution is 6.05. The van der Waals surface area contributed by atoms with E-state index in [0.29, 0.717) is 16.7 Å². The van der Waals surface area contributed by atoms with E-state index in [4.69, 9.17) is 0 Å². The summed E-state index contributed by atoms with van der Waals surface area (Å²) in [6, 6.07) is 24.5. The molecule has 0 fully saturated rings. The third-order valence-electron chi connectivity index (χ3n) is 3.68. The highest BCUT2D eigenvalue weighted by Crippen LogP contribution is 2.29. The average Bonchev–Trinajstić information content (AvgIpc) is 2.59. The van der Waals surface area contributed by atoms with Crippen molar-refractivity contribution in [3.8, 4) is 6.07 Å². The zero-order valence-electron chi connectivity index (χ0n) is 12.2. The van der Waals surface area contributed by atoms with Crippen LogP contribution in [0.1, 0.15) is 11.1 Å². The molecule has 3 aromatic rings. The van der Waals surface area contributed by atoms with Crippen LogP contribution in [0, 0.1) is 11.3 Å². The molecular weight excluding hydrogens is 286 g/mol. The highest BCUT2D eigenvalue weighted by Gasteiger charge is 2.17. The molecule has 0 radical (unpaired) electrons. The molecule has 0 saturated carbocycles. The summed E-state index contributed by atoms with van der Waals surface area (Å²) in [5, 5.41) is 20.8. The number of nitriles is 1. The van der Waals surface area contributed by atoms with Crippen LogP contribution in [0.15, 0.2) is 78.4 Å². The van der Waals surface area contributed by atoms with Crippen LogP contribution in [-0.4, -0.2) is 11.1 Å². The Morgan fingerprint density at radius 2 is 1.48 bits per heavy atom. The largest absolute Gasteiger partial charge is 0.477 e. The lowest BCUT2D eigenvalue weighted by molar-refractivity contribution is -0.132. The Kier molecular flexibility index (Phi) is 3.90. The summed E-state index contributed by atoms with van der Waals surface area (Å²) >= 11 is 0. The van der Waals surface area contributed by atoms with Gasteiger partial charge in [0.2, 0.25) is 0 Å². The van der Waals surface area contributed by atoms with Crippen LogP contribution in [0.25, 0.3) is 16.3 Å². The zero-order valence-corrected chi connectivity index (χ0v) is 12.2. The monoisotopic (exact) mass is 299 g/mol. The third-order valence-corrected chi connectivity index (χ3v) is 3.68. The number of carbonyl (C=O) groups is 1. The van der Waals surface area contributed by atoms with Crippen LogP contribution < -0.4 is 0 Å². The molecule has 0 atom stereocenters. The van der Waals surface area contributed by atoms with Gasteiger partial charge in [0.1, 0.15) is 11.6 Å². The Labute approximate surface area is 133 Å². The summed E-state index contributed by atoms with van der Waals surface area (Å²) in [6.07, 6.45) is 0. The molecule has 0 spiro atoms. The first kappa shape index (κ1) is 14.6. The second-order valence-electron chi connectivity index (χ2n) is 5.09. The number of rotatable bonds is 3. The molecule has 0 heterocycles. The van der Waals surface area contributed by atoms with E-state index in [9.17, 15) is 15.2 Å². The fraction of sp³-hybridized carbons (Fsp3) is 0. The maximum absolute atomic E-state index is 11.5. The molecule has 3 aromatic carbocycles. The van der Waals surface area contributed by atoms with Crippen LogP contribution in [0.3, 0.4) is 0 Å². The van der Waals surface area contributed by atoms with Gasteiger partial charge in [-0.2, -0.15) is 5.26 Å². The van der Waals surface area contributed by atoms with Gasteiger partial charge in [-0.15, -0.1) is 0 Å². The van der Waals surface area contributed by atoms with E-state index in [0.717, 1.165) is 10.8 Å². The summed E-state index contributed by atoms with van der Waals surface area (Å²) in [7, 11) is 0. The van der Waals surface area contributed by atoms with Gasteiger partial charge in [0.25, 0.3) is 0 Å². The predicted molar refractivity (Wildman–Crippen MR) is 89.7 cm³/mol. The van der Waals surface area contributed by atoms with Gasteiger partial charge in [-0.1, -0.05) is 66.7 Å². The fourth-order valence-electron chi connectivity index (χ4n) is 2.62. The maximum atomic E-state index is 11.5. The average molecular weight is 299 g/mol. The Morgan fingerprint density at radius 3 is 2.13 bits per heavy atom. The summed E-state index contributed by atoms with van der Waals surface area (Å²) < 4.78 is 0. The third kappa shape index (κ3) is 2.83. The normalized spacial score (nSPS) is 11.6. The molecule has 3 nitrogen and oxygen atoms in total. The second kappa shape index (κ2) is 6.17. The lowest BCUT2D eigenvalue weighted by atomic mass is 9.92. The number of nitrogens with zero attached hydrogens (tertiary/aromatic N) is 1. The minimum atomic E-state index is -1.22. The van der Waals surface area contributed by atoms with Gasteiger partial charge in [-0.25, -0.2) is 4.79 Å². The van der Waals surface area contributed by atoms with E-state index in [-0.39, 0.29) is 5.57 Å². The van der Waals surface area contributed by atoms with Crippen molar-refractivity contribution in [3.63, 3.8) is 0 Å². The van der Waals surface area contributed by atoms with Gasteiger partial charge in [-0.3, -0.25) is 0 Å². The molecule has 0 aliphatic rings. The number of hydrogen-bond donors (Lipinski definition) is 1. The molecule has 0 saturated heterocycles. The minimum Gasteiger partial charge on any atom is -0.477 e. The first-order valence-corrected chi connectivity index (χ1v) is 7.13. The maximum Gasteiger partial charge on any atom is 0.347 e. The van der Waals surface area contributed by atoms with E-state index in [2.05, 4.69) is 0 Å². The SMILES string of the molecule is N#CC(C(=O)O)=C(c1ccccc1)c1ccc2ccccc2c1. The molecule has 0 aliphatic carbocycles. The summed E-state index contributed by atoms with van der Waals surface area (Å²) in [5.74, 6) is -1.22. The Morgan fingerprint density at radius 1 is 0.826 bits per heavy atom.